The van der Waals surface area contributed by atoms with Crippen LogP contribution in [-0.4, -0.2) is 33.7 Å². The molecule has 1 rings (SSSR count). The van der Waals surface area contributed by atoms with Crippen LogP contribution in [0.1, 0.15) is 12.5 Å². The average Bonchev–Trinajstić information content (AvgIpc) is 2.44. The van der Waals surface area contributed by atoms with Gasteiger partial charge in [0.2, 0.25) is 5.91 Å². The Kier molecular flexibility index (Phi) is 8.76. The number of amides is 1. The van der Waals surface area contributed by atoms with Gasteiger partial charge in [-0.15, -0.1) is 12.4 Å². The van der Waals surface area contributed by atoms with Crippen LogP contribution in [0, 0.1) is 5.92 Å². The highest BCUT2D eigenvalue weighted by Gasteiger charge is 2.12. The highest BCUT2D eigenvalue weighted by Crippen LogP contribution is 2.23. The normalized spacial score (nSPS) is 11.2. The summed E-state index contributed by atoms with van der Waals surface area (Å²) >= 11 is 0. The molecule has 1 unspecified atom stereocenters. The first kappa shape index (κ1) is 18.5. The highest BCUT2D eigenvalue weighted by atomic mass is 35.5. The predicted molar refractivity (Wildman–Crippen MR) is 81.7 cm³/mol. The lowest BCUT2D eigenvalue weighted by atomic mass is 10.1. The van der Waals surface area contributed by atoms with Crippen molar-refractivity contribution in [3.63, 3.8) is 0 Å². The van der Waals surface area contributed by atoms with Crippen LogP contribution in [0.3, 0.4) is 0 Å². The van der Waals surface area contributed by atoms with Crippen LogP contribution in [0.25, 0.3) is 0 Å². The lowest BCUT2D eigenvalue weighted by molar-refractivity contribution is -0.124. The van der Waals surface area contributed by atoms with Gasteiger partial charge in [-0.1, -0.05) is 6.92 Å². The van der Waals surface area contributed by atoms with Crippen LogP contribution in [0.5, 0.6) is 11.5 Å². The van der Waals surface area contributed by atoms with Gasteiger partial charge < -0.3 is 20.1 Å². The maximum Gasteiger partial charge on any atom is 0.224 e. The van der Waals surface area contributed by atoms with Gasteiger partial charge in [0.05, 0.1) is 14.2 Å². The minimum Gasteiger partial charge on any atom is -0.497 e. The number of carbonyl (C=O) groups excluding carboxylic acids is 1. The van der Waals surface area contributed by atoms with Crippen molar-refractivity contribution in [1.82, 2.24) is 10.6 Å². The standard InChI is InChI=1S/C14H22N2O3.ClH/c1-10(8-15-2)14(17)16-9-11-7-12(18-3)5-6-13(11)19-4;/h5-7,10,15H,8-9H2,1-4H3,(H,16,17);1H. The number of rotatable bonds is 7. The molecule has 0 bridgehead atoms. The average molecular weight is 303 g/mol. The molecule has 0 spiro atoms. The Bertz CT molecular complexity index is 427. The summed E-state index contributed by atoms with van der Waals surface area (Å²) in [6, 6.07) is 5.52. The van der Waals surface area contributed by atoms with Gasteiger partial charge in [0.15, 0.2) is 0 Å². The molecule has 20 heavy (non-hydrogen) atoms. The number of hydrogen-bond donors (Lipinski definition) is 2. The predicted octanol–water partition coefficient (Wildman–Crippen LogP) is 1.60. The van der Waals surface area contributed by atoms with E-state index in [0.717, 1.165) is 17.1 Å². The van der Waals surface area contributed by atoms with Crippen LogP contribution >= 0.6 is 12.4 Å². The molecule has 2 N–H and O–H groups in total. The molecule has 1 amide bonds. The van der Waals surface area contributed by atoms with Crippen molar-refractivity contribution in [3.05, 3.63) is 23.8 Å². The molecule has 5 nitrogen and oxygen atoms in total. The summed E-state index contributed by atoms with van der Waals surface area (Å²) in [5, 5.41) is 5.88. The van der Waals surface area contributed by atoms with Crippen molar-refractivity contribution in [2.75, 3.05) is 27.8 Å². The summed E-state index contributed by atoms with van der Waals surface area (Å²) in [6.07, 6.45) is 0. The molecular weight excluding hydrogens is 280 g/mol. The fraction of sp³-hybridized carbons (Fsp3) is 0.500. The Hall–Kier alpha value is -1.46. The smallest absolute Gasteiger partial charge is 0.224 e. The molecule has 0 radical (unpaired) electrons. The Balaban J connectivity index is 0.00000361. The molecule has 0 saturated heterocycles. The van der Waals surface area contributed by atoms with Crippen molar-refractivity contribution in [2.45, 2.75) is 13.5 Å². The Morgan fingerprint density at radius 1 is 1.30 bits per heavy atom. The number of halogens is 1. The highest BCUT2D eigenvalue weighted by molar-refractivity contribution is 5.85. The maximum atomic E-state index is 11.8. The van der Waals surface area contributed by atoms with Gasteiger partial charge in [-0.05, 0) is 25.2 Å². The molecule has 1 aromatic carbocycles. The van der Waals surface area contributed by atoms with Crippen molar-refractivity contribution in [1.29, 1.82) is 0 Å². The van der Waals surface area contributed by atoms with E-state index in [9.17, 15) is 4.79 Å². The fourth-order valence-corrected chi connectivity index (χ4v) is 1.78. The number of hydrogen-bond acceptors (Lipinski definition) is 4. The van der Waals surface area contributed by atoms with E-state index < -0.39 is 0 Å². The van der Waals surface area contributed by atoms with Crippen molar-refractivity contribution < 1.29 is 14.3 Å². The quantitative estimate of drug-likeness (QED) is 0.803. The van der Waals surface area contributed by atoms with Crippen molar-refractivity contribution in [2.24, 2.45) is 5.92 Å². The van der Waals surface area contributed by atoms with Crippen LogP contribution in [-0.2, 0) is 11.3 Å². The number of benzene rings is 1. The van der Waals surface area contributed by atoms with Gasteiger partial charge in [0.25, 0.3) is 0 Å². The zero-order valence-corrected chi connectivity index (χ0v) is 13.2. The number of ether oxygens (including phenoxy) is 2. The van der Waals surface area contributed by atoms with Crippen LogP contribution in [0.2, 0.25) is 0 Å². The Morgan fingerprint density at radius 2 is 2.00 bits per heavy atom. The van der Waals surface area contributed by atoms with E-state index in [0.29, 0.717) is 13.1 Å². The topological polar surface area (TPSA) is 59.6 Å². The number of carbonyl (C=O) groups is 1. The second kappa shape index (κ2) is 9.44. The summed E-state index contributed by atoms with van der Waals surface area (Å²) in [7, 11) is 5.05. The fourth-order valence-electron chi connectivity index (χ4n) is 1.78. The Morgan fingerprint density at radius 3 is 2.55 bits per heavy atom. The molecular formula is C14H23ClN2O3. The van der Waals surface area contributed by atoms with Crippen molar-refractivity contribution >= 4 is 18.3 Å². The molecule has 114 valence electrons. The van der Waals surface area contributed by atoms with Gasteiger partial charge in [0, 0.05) is 24.6 Å². The van der Waals surface area contributed by atoms with Gasteiger partial charge in [-0.3, -0.25) is 4.79 Å². The SMILES string of the molecule is CNCC(C)C(=O)NCc1cc(OC)ccc1OC.Cl. The Labute approximate surface area is 126 Å². The van der Waals surface area contributed by atoms with E-state index >= 15 is 0 Å². The monoisotopic (exact) mass is 302 g/mol. The first-order valence-electron chi connectivity index (χ1n) is 6.25. The summed E-state index contributed by atoms with van der Waals surface area (Å²) in [5.74, 6) is 1.43. The van der Waals surface area contributed by atoms with Gasteiger partial charge >= 0.3 is 0 Å². The molecule has 0 saturated carbocycles. The third-order valence-corrected chi connectivity index (χ3v) is 2.90. The van der Waals surface area contributed by atoms with E-state index in [1.54, 1.807) is 14.2 Å². The molecule has 0 heterocycles. The minimum absolute atomic E-state index is 0. The van der Waals surface area contributed by atoms with Gasteiger partial charge in [-0.25, -0.2) is 0 Å². The summed E-state index contributed by atoms with van der Waals surface area (Å²) in [4.78, 5) is 11.8. The molecule has 0 aliphatic carbocycles. The molecule has 1 atom stereocenters. The number of nitrogens with one attached hydrogen (secondary N) is 2. The maximum absolute atomic E-state index is 11.8. The van der Waals surface area contributed by atoms with E-state index in [-0.39, 0.29) is 24.2 Å². The summed E-state index contributed by atoms with van der Waals surface area (Å²) in [6.45, 7) is 2.96. The minimum atomic E-state index is -0.0680. The van der Waals surface area contributed by atoms with E-state index in [1.165, 1.54) is 0 Å². The third-order valence-electron chi connectivity index (χ3n) is 2.90. The second-order valence-electron chi connectivity index (χ2n) is 4.35. The molecule has 0 aliphatic rings. The summed E-state index contributed by atoms with van der Waals surface area (Å²) in [5.41, 5.74) is 0.895. The van der Waals surface area contributed by atoms with Gasteiger partial charge in [-0.2, -0.15) is 0 Å². The zero-order valence-electron chi connectivity index (χ0n) is 12.4. The third kappa shape index (κ3) is 5.27. The molecule has 1 aromatic rings. The first-order valence-corrected chi connectivity index (χ1v) is 6.25. The van der Waals surface area contributed by atoms with Crippen LogP contribution in [0.4, 0.5) is 0 Å². The van der Waals surface area contributed by atoms with Gasteiger partial charge in [0.1, 0.15) is 11.5 Å². The van der Waals surface area contributed by atoms with E-state index in [1.807, 2.05) is 32.2 Å². The first-order chi connectivity index (χ1) is 9.12. The lowest BCUT2D eigenvalue weighted by Crippen LogP contribution is -2.33. The van der Waals surface area contributed by atoms with Crippen LogP contribution < -0.4 is 20.1 Å². The second-order valence-corrected chi connectivity index (χ2v) is 4.35. The number of methoxy groups -OCH3 is 2. The van der Waals surface area contributed by atoms with E-state index in [4.69, 9.17) is 9.47 Å². The molecule has 0 aromatic heterocycles. The molecule has 6 heteroatoms. The molecule has 0 aliphatic heterocycles. The largest absolute Gasteiger partial charge is 0.497 e. The van der Waals surface area contributed by atoms with Crippen LogP contribution in [0.15, 0.2) is 18.2 Å². The van der Waals surface area contributed by atoms with E-state index in [2.05, 4.69) is 10.6 Å². The lowest BCUT2D eigenvalue weighted by Gasteiger charge is -2.14. The summed E-state index contributed by atoms with van der Waals surface area (Å²) < 4.78 is 10.4. The van der Waals surface area contributed by atoms with Crippen molar-refractivity contribution in [3.8, 4) is 11.5 Å². The molecule has 0 fully saturated rings. The zero-order chi connectivity index (χ0) is 14.3.